The predicted molar refractivity (Wildman–Crippen MR) is 115 cm³/mol. The number of hydrogen-bond acceptors (Lipinski definition) is 4. The van der Waals surface area contributed by atoms with E-state index >= 15 is 0 Å². The maximum absolute atomic E-state index is 13.0. The van der Waals surface area contributed by atoms with Crippen molar-refractivity contribution in [2.24, 2.45) is 0 Å². The molecule has 1 aliphatic heterocycles. The van der Waals surface area contributed by atoms with Crippen molar-refractivity contribution in [1.29, 1.82) is 0 Å². The van der Waals surface area contributed by atoms with E-state index < -0.39 is 0 Å². The van der Waals surface area contributed by atoms with Crippen LogP contribution in [0.5, 0.6) is 0 Å². The van der Waals surface area contributed by atoms with Gasteiger partial charge in [0.2, 0.25) is 0 Å². The van der Waals surface area contributed by atoms with E-state index in [0.717, 1.165) is 5.56 Å². The summed E-state index contributed by atoms with van der Waals surface area (Å²) in [5, 5.41) is 0. The fraction of sp³-hybridized carbons (Fsp3) is 0.500. The van der Waals surface area contributed by atoms with Gasteiger partial charge in [-0.1, -0.05) is 17.7 Å². The van der Waals surface area contributed by atoms with Crippen LogP contribution in [0.25, 0.3) is 0 Å². The Morgan fingerprint density at radius 3 is 2.07 bits per heavy atom. The fourth-order valence-corrected chi connectivity index (χ4v) is 3.86. The van der Waals surface area contributed by atoms with Gasteiger partial charge in [-0.25, -0.2) is 4.79 Å². The van der Waals surface area contributed by atoms with Gasteiger partial charge in [-0.05, 0) is 46.8 Å². The molecule has 1 aromatic heterocycles. The Balaban J connectivity index is 1.85. The van der Waals surface area contributed by atoms with E-state index in [1.165, 1.54) is 4.57 Å². The van der Waals surface area contributed by atoms with Crippen LogP contribution in [-0.4, -0.2) is 46.1 Å². The summed E-state index contributed by atoms with van der Waals surface area (Å²) in [6.45, 7) is 11.8. The first kappa shape index (κ1) is 20.9. The molecule has 0 spiro atoms. The molecule has 29 heavy (non-hydrogen) atoms. The predicted octanol–water partition coefficient (Wildman–Crippen LogP) is 2.44. The van der Waals surface area contributed by atoms with Gasteiger partial charge in [0.1, 0.15) is 5.82 Å². The van der Waals surface area contributed by atoms with Gasteiger partial charge < -0.3 is 9.80 Å². The number of anilines is 1. The number of nitrogens with zero attached hydrogens (tertiary/aromatic N) is 4. The molecule has 1 aliphatic rings. The molecule has 0 unspecified atom stereocenters. The van der Waals surface area contributed by atoms with Crippen LogP contribution < -0.4 is 16.1 Å². The molecule has 2 aromatic rings. The smallest absolute Gasteiger partial charge is 0.333 e. The second-order valence-electron chi connectivity index (χ2n) is 8.20. The van der Waals surface area contributed by atoms with Gasteiger partial charge in [0, 0.05) is 49.9 Å². The van der Waals surface area contributed by atoms with Gasteiger partial charge in [0.15, 0.2) is 0 Å². The molecule has 1 aromatic carbocycles. The van der Waals surface area contributed by atoms with Crippen molar-refractivity contribution in [1.82, 2.24) is 14.0 Å². The normalized spacial score (nSPS) is 14.7. The highest BCUT2D eigenvalue weighted by Crippen LogP contribution is 2.19. The number of hydrogen-bond donors (Lipinski definition) is 0. The van der Waals surface area contributed by atoms with Crippen LogP contribution in [0.15, 0.2) is 39.9 Å². The summed E-state index contributed by atoms with van der Waals surface area (Å²) < 4.78 is 2.97. The Morgan fingerprint density at radius 2 is 1.52 bits per heavy atom. The number of amides is 1. The van der Waals surface area contributed by atoms with Crippen molar-refractivity contribution >= 4 is 11.7 Å². The molecular weight excluding hydrogens is 368 g/mol. The minimum Gasteiger partial charge on any atom is -0.354 e. The van der Waals surface area contributed by atoms with E-state index in [4.69, 9.17) is 0 Å². The molecule has 7 heteroatoms. The number of aromatic nitrogens is 2. The molecule has 7 nitrogen and oxygen atoms in total. The molecule has 0 radical (unpaired) electrons. The summed E-state index contributed by atoms with van der Waals surface area (Å²) >= 11 is 0. The Bertz CT molecular complexity index is 1010. The molecule has 0 atom stereocenters. The summed E-state index contributed by atoms with van der Waals surface area (Å²) in [5.74, 6) is 0.652. The zero-order valence-electron chi connectivity index (χ0n) is 17.9. The van der Waals surface area contributed by atoms with Crippen molar-refractivity contribution in [3.63, 3.8) is 0 Å². The highest BCUT2D eigenvalue weighted by atomic mass is 16.2. The van der Waals surface area contributed by atoms with Gasteiger partial charge in [-0.3, -0.25) is 18.7 Å². The first-order valence-electron chi connectivity index (χ1n) is 10.2. The Hall–Kier alpha value is -2.83. The lowest BCUT2D eigenvalue weighted by Gasteiger charge is -2.37. The van der Waals surface area contributed by atoms with Crippen molar-refractivity contribution in [2.75, 3.05) is 31.1 Å². The summed E-state index contributed by atoms with van der Waals surface area (Å²) in [5.41, 5.74) is 1.18. The quantitative estimate of drug-likeness (QED) is 0.793. The summed E-state index contributed by atoms with van der Waals surface area (Å²) in [4.78, 5) is 42.2. The van der Waals surface area contributed by atoms with E-state index in [2.05, 4.69) is 0 Å². The second kappa shape index (κ2) is 8.27. The maximum Gasteiger partial charge on any atom is 0.333 e. The largest absolute Gasteiger partial charge is 0.354 e. The van der Waals surface area contributed by atoms with E-state index in [9.17, 15) is 14.4 Å². The number of carbonyl (C=O) groups is 1. The van der Waals surface area contributed by atoms with E-state index in [-0.39, 0.29) is 29.2 Å². The number of benzene rings is 1. The van der Waals surface area contributed by atoms with Gasteiger partial charge in [0.25, 0.3) is 11.5 Å². The SMILES string of the molecule is Cc1cccc(C(=O)N2CCN(c3cc(=O)n(C(C)C)c(=O)n3C(C)C)CC2)c1. The number of aryl methyl sites for hydroxylation is 1. The highest BCUT2D eigenvalue weighted by molar-refractivity contribution is 5.94. The van der Waals surface area contributed by atoms with Crippen LogP contribution in [0.4, 0.5) is 5.82 Å². The van der Waals surface area contributed by atoms with Crippen LogP contribution >= 0.6 is 0 Å². The highest BCUT2D eigenvalue weighted by Gasteiger charge is 2.26. The fourth-order valence-electron chi connectivity index (χ4n) is 3.86. The standard InChI is InChI=1S/C22H30N4O3/c1-15(2)25-19(14-20(27)26(16(3)4)22(25)29)23-9-11-24(12-10-23)21(28)18-8-6-7-17(5)13-18/h6-8,13-16H,9-12H2,1-5H3. The van der Waals surface area contributed by atoms with Crippen molar-refractivity contribution in [3.05, 3.63) is 62.3 Å². The van der Waals surface area contributed by atoms with Crippen LogP contribution in [0.1, 0.15) is 55.7 Å². The molecule has 1 saturated heterocycles. The van der Waals surface area contributed by atoms with Gasteiger partial charge in [-0.15, -0.1) is 0 Å². The first-order chi connectivity index (χ1) is 13.7. The van der Waals surface area contributed by atoms with Gasteiger partial charge in [0.05, 0.1) is 0 Å². The van der Waals surface area contributed by atoms with Crippen molar-refractivity contribution in [3.8, 4) is 0 Å². The number of rotatable bonds is 4. The zero-order chi connectivity index (χ0) is 21.3. The molecule has 1 fully saturated rings. The molecular formula is C22H30N4O3. The van der Waals surface area contributed by atoms with Gasteiger partial charge in [-0.2, -0.15) is 0 Å². The van der Waals surface area contributed by atoms with Crippen molar-refractivity contribution < 1.29 is 4.79 Å². The summed E-state index contributed by atoms with van der Waals surface area (Å²) in [6, 6.07) is 8.89. The Morgan fingerprint density at radius 1 is 0.897 bits per heavy atom. The Kier molecular flexibility index (Phi) is 5.96. The molecule has 0 saturated carbocycles. The van der Waals surface area contributed by atoms with E-state index in [1.54, 1.807) is 10.6 Å². The minimum absolute atomic E-state index is 0.0184. The minimum atomic E-state index is -0.282. The van der Waals surface area contributed by atoms with Gasteiger partial charge >= 0.3 is 5.69 Å². The lowest BCUT2D eigenvalue weighted by atomic mass is 10.1. The Labute approximate surface area is 171 Å². The van der Waals surface area contributed by atoms with Crippen LogP contribution in [-0.2, 0) is 0 Å². The van der Waals surface area contributed by atoms with E-state index in [0.29, 0.717) is 37.6 Å². The van der Waals surface area contributed by atoms with E-state index in [1.807, 2.05) is 68.7 Å². The van der Waals surface area contributed by atoms with Crippen LogP contribution in [0.3, 0.4) is 0 Å². The third kappa shape index (κ3) is 4.13. The number of piperazine rings is 1. The molecule has 2 heterocycles. The first-order valence-corrected chi connectivity index (χ1v) is 10.2. The lowest BCUT2D eigenvalue weighted by molar-refractivity contribution is 0.0746. The van der Waals surface area contributed by atoms with Crippen LogP contribution in [0, 0.1) is 6.92 Å². The molecule has 156 valence electrons. The summed E-state index contributed by atoms with van der Waals surface area (Å²) in [6.07, 6.45) is 0. The maximum atomic E-state index is 13.0. The average Bonchev–Trinajstić information content (AvgIpc) is 2.66. The number of carbonyl (C=O) groups excluding carboxylic acids is 1. The third-order valence-electron chi connectivity index (χ3n) is 5.34. The lowest BCUT2D eigenvalue weighted by Crippen LogP contribution is -2.51. The van der Waals surface area contributed by atoms with Crippen LogP contribution in [0.2, 0.25) is 0 Å². The molecule has 0 aliphatic carbocycles. The summed E-state index contributed by atoms with van der Waals surface area (Å²) in [7, 11) is 0. The topological polar surface area (TPSA) is 67.6 Å². The van der Waals surface area contributed by atoms with Crippen molar-refractivity contribution in [2.45, 2.75) is 46.7 Å². The molecule has 1 amide bonds. The molecule has 0 N–H and O–H groups in total. The third-order valence-corrected chi connectivity index (χ3v) is 5.34. The average molecular weight is 399 g/mol. The monoisotopic (exact) mass is 398 g/mol. The second-order valence-corrected chi connectivity index (χ2v) is 8.20. The molecule has 0 bridgehead atoms. The molecule has 3 rings (SSSR count). The zero-order valence-corrected chi connectivity index (χ0v) is 17.9.